The third kappa shape index (κ3) is 3.71. The zero-order valence-corrected chi connectivity index (χ0v) is 7.46. The Morgan fingerprint density at radius 3 is 2.00 bits per heavy atom. The molecule has 0 fully saturated rings. The highest BCUT2D eigenvalue weighted by molar-refractivity contribution is 6.43. The summed E-state index contributed by atoms with van der Waals surface area (Å²) in [6, 6.07) is 0. The summed E-state index contributed by atoms with van der Waals surface area (Å²) in [7, 11) is 0. The number of carboxylic acids is 2. The van der Waals surface area contributed by atoms with Gasteiger partial charge in [0.05, 0.1) is 0 Å². The summed E-state index contributed by atoms with van der Waals surface area (Å²) in [4.78, 5) is 31.2. The van der Waals surface area contributed by atoms with Crippen molar-refractivity contribution in [3.8, 4) is 0 Å². The van der Waals surface area contributed by atoms with Gasteiger partial charge >= 0.3 is 11.9 Å². The molecule has 0 aliphatic carbocycles. The van der Waals surface area contributed by atoms with Gasteiger partial charge in [-0.3, -0.25) is 9.59 Å². The van der Waals surface area contributed by atoms with E-state index in [2.05, 4.69) is 0 Å². The molecule has 0 spiro atoms. The first kappa shape index (κ1) is 11.6. The van der Waals surface area contributed by atoms with Gasteiger partial charge in [-0.05, 0) is 6.92 Å². The molecule has 0 radical (unpaired) electrons. The van der Waals surface area contributed by atoms with E-state index in [1.54, 1.807) is 0 Å². The number of hydrogen-bond donors (Lipinski definition) is 2. The minimum Gasteiger partial charge on any atom is -0.481 e. The van der Waals surface area contributed by atoms with Crippen LogP contribution in [0.1, 0.15) is 13.3 Å². The van der Waals surface area contributed by atoms with Gasteiger partial charge < -0.3 is 10.2 Å². The summed E-state index contributed by atoms with van der Waals surface area (Å²) in [6.45, 7) is 1.17. The summed E-state index contributed by atoms with van der Waals surface area (Å²) in [5.41, 5.74) is -0.253. The standard InChI is InChI=1S/C7H7ClO5/c1-3(6(8)7(12)13)4(9)2-5(10)11/h2H2,1H3,(H,10,11)(H,12,13)/b6-3+. The van der Waals surface area contributed by atoms with Gasteiger partial charge in [0.2, 0.25) is 0 Å². The van der Waals surface area contributed by atoms with E-state index in [4.69, 9.17) is 21.8 Å². The molecule has 0 aromatic heterocycles. The number of ketones is 1. The molecule has 0 bridgehead atoms. The highest BCUT2D eigenvalue weighted by atomic mass is 35.5. The number of carbonyl (C=O) groups is 3. The molecular formula is C7H7ClO5. The quantitative estimate of drug-likeness (QED) is 0.520. The third-order valence-electron chi connectivity index (χ3n) is 1.25. The van der Waals surface area contributed by atoms with Gasteiger partial charge in [-0.1, -0.05) is 11.6 Å². The smallest absolute Gasteiger partial charge is 0.347 e. The molecule has 72 valence electrons. The van der Waals surface area contributed by atoms with E-state index in [1.165, 1.54) is 6.92 Å². The fourth-order valence-corrected chi connectivity index (χ4v) is 0.658. The molecule has 13 heavy (non-hydrogen) atoms. The zero-order valence-electron chi connectivity index (χ0n) is 6.70. The van der Waals surface area contributed by atoms with Gasteiger partial charge in [0.1, 0.15) is 11.5 Å². The number of hydrogen-bond acceptors (Lipinski definition) is 3. The fourth-order valence-electron chi connectivity index (χ4n) is 0.553. The Balaban J connectivity index is 4.68. The fraction of sp³-hybridized carbons (Fsp3) is 0.286. The molecule has 0 aromatic rings. The number of rotatable bonds is 4. The monoisotopic (exact) mass is 206 g/mol. The van der Waals surface area contributed by atoms with Crippen LogP contribution < -0.4 is 0 Å². The molecule has 2 N–H and O–H groups in total. The second-order valence-electron chi connectivity index (χ2n) is 2.24. The van der Waals surface area contributed by atoms with E-state index in [-0.39, 0.29) is 5.57 Å². The van der Waals surface area contributed by atoms with Crippen molar-refractivity contribution < 1.29 is 24.6 Å². The Kier molecular flexibility index (Phi) is 4.13. The first-order chi connectivity index (χ1) is 5.86. The molecule has 0 aliphatic heterocycles. The molecule has 5 nitrogen and oxygen atoms in total. The van der Waals surface area contributed by atoms with Crippen LogP contribution in [0.4, 0.5) is 0 Å². The van der Waals surface area contributed by atoms with Crippen molar-refractivity contribution in [2.45, 2.75) is 13.3 Å². The maximum atomic E-state index is 10.9. The first-order valence-corrected chi connectivity index (χ1v) is 3.58. The number of halogens is 1. The largest absolute Gasteiger partial charge is 0.481 e. The molecule has 0 rings (SSSR count). The van der Waals surface area contributed by atoms with Crippen molar-refractivity contribution in [1.82, 2.24) is 0 Å². The lowest BCUT2D eigenvalue weighted by Crippen LogP contribution is -2.10. The molecular weight excluding hydrogens is 200 g/mol. The van der Waals surface area contributed by atoms with Gasteiger partial charge in [0, 0.05) is 5.57 Å². The first-order valence-electron chi connectivity index (χ1n) is 3.21. The van der Waals surface area contributed by atoms with E-state index >= 15 is 0 Å². The summed E-state index contributed by atoms with van der Waals surface area (Å²) in [5, 5.41) is 15.9. The average Bonchev–Trinajstić information content (AvgIpc) is 2.00. The molecule has 0 amide bonds. The Morgan fingerprint density at radius 2 is 1.69 bits per heavy atom. The van der Waals surface area contributed by atoms with Gasteiger partial charge in [0.15, 0.2) is 5.78 Å². The summed E-state index contributed by atoms with van der Waals surface area (Å²) in [6.07, 6.45) is -0.755. The Bertz CT molecular complexity index is 291. The van der Waals surface area contributed by atoms with Crippen molar-refractivity contribution >= 4 is 29.3 Å². The maximum absolute atomic E-state index is 10.9. The second kappa shape index (κ2) is 4.61. The topological polar surface area (TPSA) is 91.7 Å². The second-order valence-corrected chi connectivity index (χ2v) is 2.62. The van der Waals surface area contributed by atoms with E-state index in [0.717, 1.165) is 0 Å². The van der Waals surface area contributed by atoms with Crippen molar-refractivity contribution in [3.05, 3.63) is 10.6 Å². The zero-order chi connectivity index (χ0) is 10.6. The van der Waals surface area contributed by atoms with Crippen molar-refractivity contribution in [2.75, 3.05) is 0 Å². The van der Waals surface area contributed by atoms with Crippen LogP contribution >= 0.6 is 11.6 Å². The van der Waals surface area contributed by atoms with Crippen molar-refractivity contribution in [2.24, 2.45) is 0 Å². The minimum atomic E-state index is -1.45. The van der Waals surface area contributed by atoms with Gasteiger partial charge in [-0.25, -0.2) is 4.79 Å². The van der Waals surface area contributed by atoms with E-state index in [1.807, 2.05) is 0 Å². The normalized spacial score (nSPS) is 11.8. The number of aliphatic carboxylic acids is 2. The minimum absolute atomic E-state index is 0.253. The van der Waals surface area contributed by atoms with Crippen LogP contribution in [0.25, 0.3) is 0 Å². The maximum Gasteiger partial charge on any atom is 0.347 e. The van der Waals surface area contributed by atoms with Gasteiger partial charge in [-0.2, -0.15) is 0 Å². The van der Waals surface area contributed by atoms with Crippen LogP contribution in [0.2, 0.25) is 0 Å². The van der Waals surface area contributed by atoms with Crippen LogP contribution in [0, 0.1) is 0 Å². The predicted molar refractivity (Wildman–Crippen MR) is 43.4 cm³/mol. The van der Waals surface area contributed by atoms with Crippen molar-refractivity contribution in [3.63, 3.8) is 0 Å². The van der Waals surface area contributed by atoms with Crippen LogP contribution in [0.15, 0.2) is 10.6 Å². The Hall–Kier alpha value is -1.36. The molecule has 0 unspecified atom stereocenters. The van der Waals surface area contributed by atoms with Crippen LogP contribution in [0.5, 0.6) is 0 Å². The summed E-state index contributed by atoms with van der Waals surface area (Å²) >= 11 is 5.21. The van der Waals surface area contributed by atoms with Crippen molar-refractivity contribution in [1.29, 1.82) is 0 Å². The molecule has 0 aromatic carbocycles. The number of carbonyl (C=O) groups excluding carboxylic acids is 1. The predicted octanol–water partition coefficient (Wildman–Crippen LogP) is 0.628. The third-order valence-corrected chi connectivity index (χ3v) is 1.69. The SMILES string of the molecule is C/C(C(=O)CC(=O)O)=C(\Cl)C(=O)O. The summed E-state index contributed by atoms with van der Waals surface area (Å²) in [5.74, 6) is -3.57. The van der Waals surface area contributed by atoms with Crippen LogP contribution in [0.3, 0.4) is 0 Å². The number of allylic oxidation sites excluding steroid dienone is 1. The summed E-state index contributed by atoms with van der Waals surface area (Å²) < 4.78 is 0. The average molecular weight is 207 g/mol. The molecule has 6 heteroatoms. The van der Waals surface area contributed by atoms with Gasteiger partial charge in [-0.15, -0.1) is 0 Å². The lowest BCUT2D eigenvalue weighted by Gasteiger charge is -1.98. The molecule has 0 saturated carbocycles. The molecule has 0 atom stereocenters. The number of carboxylic acid groups (broad SMARTS) is 2. The lowest BCUT2D eigenvalue weighted by atomic mass is 10.1. The Labute approximate surface area is 78.6 Å². The lowest BCUT2D eigenvalue weighted by molar-refractivity contribution is -0.140. The molecule has 0 saturated heterocycles. The number of Topliss-reactive ketones (excluding diaryl/α,β-unsaturated/α-hetero) is 1. The highest BCUT2D eigenvalue weighted by Gasteiger charge is 2.16. The Morgan fingerprint density at radius 1 is 1.23 bits per heavy atom. The van der Waals surface area contributed by atoms with E-state index in [0.29, 0.717) is 0 Å². The van der Waals surface area contributed by atoms with Crippen LogP contribution in [-0.4, -0.2) is 27.9 Å². The van der Waals surface area contributed by atoms with Crippen LogP contribution in [-0.2, 0) is 14.4 Å². The highest BCUT2D eigenvalue weighted by Crippen LogP contribution is 2.11. The molecule has 0 aliphatic rings. The van der Waals surface area contributed by atoms with E-state index < -0.39 is 29.2 Å². The van der Waals surface area contributed by atoms with Gasteiger partial charge in [0.25, 0.3) is 0 Å². The molecule has 0 heterocycles. The van der Waals surface area contributed by atoms with E-state index in [9.17, 15) is 14.4 Å².